The molecule has 3 aromatic carbocycles. The van der Waals surface area contributed by atoms with Crippen molar-refractivity contribution < 1.29 is 19.4 Å². The second-order valence-corrected chi connectivity index (χ2v) is 13.0. The molecule has 1 atom stereocenters. The Morgan fingerprint density at radius 1 is 1.00 bits per heavy atom. The zero-order valence-corrected chi connectivity index (χ0v) is 26.7. The van der Waals surface area contributed by atoms with Crippen LogP contribution in [0, 0.1) is 6.92 Å². The number of ketones is 1. The molecular weight excluding hydrogens is 619 g/mol. The van der Waals surface area contributed by atoms with Gasteiger partial charge in [-0.05, 0) is 59.5 Å². The van der Waals surface area contributed by atoms with Crippen LogP contribution in [-0.2, 0) is 15.3 Å². The van der Waals surface area contributed by atoms with Crippen molar-refractivity contribution in [3.8, 4) is 5.75 Å². The number of imidazole rings is 1. The van der Waals surface area contributed by atoms with Gasteiger partial charge in [0, 0.05) is 11.9 Å². The van der Waals surface area contributed by atoms with Gasteiger partial charge in [-0.25, -0.2) is 4.98 Å². The molecular formula is C35H29N5O4S2. The summed E-state index contributed by atoms with van der Waals surface area (Å²) in [5.41, 5.74) is 3.19. The molecule has 6 aromatic rings. The fourth-order valence-electron chi connectivity index (χ4n) is 5.78. The lowest BCUT2D eigenvalue weighted by Gasteiger charge is -2.23. The van der Waals surface area contributed by atoms with E-state index in [2.05, 4.69) is 39.4 Å². The first-order valence-corrected chi connectivity index (χ1v) is 16.7. The third-order valence-corrected chi connectivity index (χ3v) is 9.96. The topological polar surface area (TPSA) is 110 Å². The van der Waals surface area contributed by atoms with Gasteiger partial charge in [-0.15, -0.1) is 10.2 Å². The van der Waals surface area contributed by atoms with E-state index in [0.29, 0.717) is 45.0 Å². The molecule has 1 saturated heterocycles. The smallest absolute Gasteiger partial charge is 0.301 e. The molecule has 9 nitrogen and oxygen atoms in total. The van der Waals surface area contributed by atoms with Gasteiger partial charge in [-0.2, -0.15) is 0 Å². The molecule has 1 aliphatic rings. The lowest BCUT2D eigenvalue weighted by molar-refractivity contribution is -0.132. The van der Waals surface area contributed by atoms with E-state index in [-0.39, 0.29) is 16.5 Å². The van der Waals surface area contributed by atoms with Crippen molar-refractivity contribution in [1.29, 1.82) is 0 Å². The number of pyridine rings is 1. The van der Waals surface area contributed by atoms with E-state index in [0.717, 1.165) is 17.4 Å². The van der Waals surface area contributed by atoms with Crippen molar-refractivity contribution in [1.82, 2.24) is 19.6 Å². The van der Waals surface area contributed by atoms with Gasteiger partial charge in [0.05, 0.1) is 23.9 Å². The summed E-state index contributed by atoms with van der Waals surface area (Å²) >= 11 is 2.75. The van der Waals surface area contributed by atoms with E-state index in [1.807, 2.05) is 61.5 Å². The monoisotopic (exact) mass is 647 g/mol. The standard InChI is InChI=1S/C35H29N5O4S2/c1-3-18-44-25-14-9-12-23(19-25)30-28(31(41)29-21(2)36-27-16-6-7-17-39(27)29)32(42)33(43)40(30)34-37-38-35(46-34)45-20-24-13-8-11-22-10-4-5-15-26(22)24/h4-17,19,30,41H,3,18,20H2,1-2H3. The van der Waals surface area contributed by atoms with Gasteiger partial charge in [-0.3, -0.25) is 18.9 Å². The zero-order valence-electron chi connectivity index (χ0n) is 25.1. The molecule has 7 rings (SSSR count). The average molecular weight is 648 g/mol. The summed E-state index contributed by atoms with van der Waals surface area (Å²) in [5, 5.41) is 23.2. The molecule has 230 valence electrons. The highest BCUT2D eigenvalue weighted by molar-refractivity contribution is 8.00. The average Bonchev–Trinajstić information content (AvgIpc) is 3.76. The van der Waals surface area contributed by atoms with Gasteiger partial charge in [-0.1, -0.05) is 90.7 Å². The van der Waals surface area contributed by atoms with E-state index in [1.165, 1.54) is 33.4 Å². The number of hydrogen-bond acceptors (Lipinski definition) is 9. The Morgan fingerprint density at radius 3 is 2.67 bits per heavy atom. The molecule has 1 aliphatic heterocycles. The summed E-state index contributed by atoms with van der Waals surface area (Å²) < 4.78 is 8.26. The predicted molar refractivity (Wildman–Crippen MR) is 180 cm³/mol. The predicted octanol–water partition coefficient (Wildman–Crippen LogP) is 7.35. The fourth-order valence-corrected chi connectivity index (χ4v) is 7.65. The molecule has 0 spiro atoms. The van der Waals surface area contributed by atoms with Crippen LogP contribution in [-0.4, -0.2) is 43.0 Å². The molecule has 1 fully saturated rings. The summed E-state index contributed by atoms with van der Waals surface area (Å²) in [6.07, 6.45) is 2.58. The van der Waals surface area contributed by atoms with Crippen LogP contribution in [0.15, 0.2) is 101 Å². The van der Waals surface area contributed by atoms with Crippen LogP contribution in [0.25, 0.3) is 22.2 Å². The van der Waals surface area contributed by atoms with Crippen molar-refractivity contribution >= 4 is 62.1 Å². The van der Waals surface area contributed by atoms with Crippen molar-refractivity contribution in [3.05, 3.63) is 119 Å². The Morgan fingerprint density at radius 2 is 1.80 bits per heavy atom. The van der Waals surface area contributed by atoms with E-state index in [4.69, 9.17) is 4.74 Å². The van der Waals surface area contributed by atoms with Gasteiger partial charge < -0.3 is 9.84 Å². The molecule has 4 heterocycles. The summed E-state index contributed by atoms with van der Waals surface area (Å²) in [6.45, 7) is 4.29. The third-order valence-electron chi connectivity index (χ3n) is 7.85. The van der Waals surface area contributed by atoms with Crippen LogP contribution in [0.5, 0.6) is 5.75 Å². The Balaban J connectivity index is 1.30. The second kappa shape index (κ2) is 12.4. The highest BCUT2D eigenvalue weighted by Gasteiger charge is 2.49. The van der Waals surface area contributed by atoms with Crippen molar-refractivity contribution in [2.24, 2.45) is 0 Å². The maximum absolute atomic E-state index is 13.8. The van der Waals surface area contributed by atoms with Gasteiger partial charge in [0.2, 0.25) is 5.13 Å². The van der Waals surface area contributed by atoms with Crippen molar-refractivity contribution in [2.45, 2.75) is 36.4 Å². The minimum absolute atomic E-state index is 0.0495. The highest BCUT2D eigenvalue weighted by atomic mass is 32.2. The zero-order chi connectivity index (χ0) is 31.8. The molecule has 3 aromatic heterocycles. The first kappa shape index (κ1) is 29.7. The molecule has 0 aliphatic carbocycles. The number of ether oxygens (including phenoxy) is 1. The third kappa shape index (κ3) is 5.31. The molecule has 1 amide bonds. The number of aliphatic hydroxyl groups excluding tert-OH is 1. The number of carbonyl (C=O) groups excluding carboxylic acids is 2. The number of aliphatic hydroxyl groups is 1. The quantitative estimate of drug-likeness (QED) is 0.0570. The van der Waals surface area contributed by atoms with Gasteiger partial charge in [0.25, 0.3) is 5.78 Å². The van der Waals surface area contributed by atoms with Crippen LogP contribution in [0.4, 0.5) is 5.13 Å². The normalized spacial score (nSPS) is 16.1. The SMILES string of the molecule is CCCOc1cccc(C2C(=C(O)c3c(C)nc4ccccn34)C(=O)C(=O)N2c2nnc(SCc3cccc4ccccc34)s2)c1. The highest BCUT2D eigenvalue weighted by Crippen LogP contribution is 2.45. The number of rotatable bonds is 9. The number of amides is 1. The molecule has 0 bridgehead atoms. The van der Waals surface area contributed by atoms with Gasteiger partial charge >= 0.3 is 5.91 Å². The Hall–Kier alpha value is -5.00. The molecule has 1 N–H and O–H groups in total. The number of nitrogens with zero attached hydrogens (tertiary/aromatic N) is 5. The number of aryl methyl sites for hydroxylation is 1. The first-order chi connectivity index (χ1) is 22.4. The number of thioether (sulfide) groups is 1. The Labute approximate surface area is 273 Å². The van der Waals surface area contributed by atoms with E-state index >= 15 is 0 Å². The fraction of sp³-hybridized carbons (Fsp3) is 0.171. The summed E-state index contributed by atoms with van der Waals surface area (Å²) in [6, 6.07) is 26.2. The number of anilines is 1. The maximum atomic E-state index is 13.8. The number of benzene rings is 3. The molecule has 1 unspecified atom stereocenters. The molecule has 0 saturated carbocycles. The number of fused-ring (bicyclic) bond motifs is 2. The number of hydrogen-bond donors (Lipinski definition) is 1. The van der Waals surface area contributed by atoms with E-state index < -0.39 is 17.7 Å². The van der Waals surface area contributed by atoms with Gasteiger partial charge in [0.15, 0.2) is 10.1 Å². The van der Waals surface area contributed by atoms with E-state index in [1.54, 1.807) is 23.6 Å². The minimum Gasteiger partial charge on any atom is -0.505 e. The number of Topliss-reactive ketones (excluding diaryl/α,β-unsaturated/α-hetero) is 1. The summed E-state index contributed by atoms with van der Waals surface area (Å²) in [4.78, 5) is 33.6. The van der Waals surface area contributed by atoms with Crippen molar-refractivity contribution in [2.75, 3.05) is 11.5 Å². The summed E-state index contributed by atoms with van der Waals surface area (Å²) in [5.74, 6) is -0.660. The molecule has 46 heavy (non-hydrogen) atoms. The second-order valence-electron chi connectivity index (χ2n) is 10.8. The van der Waals surface area contributed by atoms with Gasteiger partial charge in [0.1, 0.15) is 17.1 Å². The van der Waals surface area contributed by atoms with Crippen LogP contribution in [0.2, 0.25) is 0 Å². The first-order valence-electron chi connectivity index (χ1n) is 14.9. The van der Waals surface area contributed by atoms with Crippen molar-refractivity contribution in [3.63, 3.8) is 0 Å². The minimum atomic E-state index is -0.970. The van der Waals surface area contributed by atoms with Crippen LogP contribution >= 0.6 is 23.1 Å². The Kier molecular flexibility index (Phi) is 8.02. The largest absolute Gasteiger partial charge is 0.505 e. The van der Waals surface area contributed by atoms with Crippen LogP contribution < -0.4 is 9.64 Å². The Bertz CT molecular complexity index is 2150. The lowest BCUT2D eigenvalue weighted by atomic mass is 9.96. The van der Waals surface area contributed by atoms with Crippen LogP contribution in [0.1, 0.15) is 41.9 Å². The maximum Gasteiger partial charge on any atom is 0.301 e. The molecule has 11 heteroatoms. The molecule has 0 radical (unpaired) electrons. The van der Waals surface area contributed by atoms with E-state index in [9.17, 15) is 14.7 Å². The number of carbonyl (C=O) groups is 2. The number of aromatic nitrogens is 4. The summed E-state index contributed by atoms with van der Waals surface area (Å²) in [7, 11) is 0. The lowest BCUT2D eigenvalue weighted by Crippen LogP contribution is -2.29. The van der Waals surface area contributed by atoms with Crippen LogP contribution in [0.3, 0.4) is 0 Å².